The molecule has 0 amide bonds. The van der Waals surface area contributed by atoms with Gasteiger partial charge in [0, 0.05) is 12.6 Å². The van der Waals surface area contributed by atoms with Crippen LogP contribution in [0.5, 0.6) is 5.75 Å². The average Bonchev–Trinajstić information content (AvgIpc) is 2.65. The molecule has 0 bridgehead atoms. The van der Waals surface area contributed by atoms with Gasteiger partial charge in [-0.05, 0) is 43.0 Å². The van der Waals surface area contributed by atoms with Crippen molar-refractivity contribution in [2.24, 2.45) is 0 Å². The van der Waals surface area contributed by atoms with Crippen LogP contribution in [0.1, 0.15) is 40.9 Å². The van der Waals surface area contributed by atoms with Crippen LogP contribution in [-0.4, -0.2) is 35.9 Å². The maximum absolute atomic E-state index is 11.6. The van der Waals surface area contributed by atoms with Gasteiger partial charge < -0.3 is 20.3 Å². The van der Waals surface area contributed by atoms with E-state index in [-0.39, 0.29) is 17.4 Å². The van der Waals surface area contributed by atoms with Crippen LogP contribution in [0.2, 0.25) is 0 Å². The summed E-state index contributed by atoms with van der Waals surface area (Å²) in [6.45, 7) is 2.44. The minimum absolute atomic E-state index is 0.0520. The Morgan fingerprint density at radius 3 is 2.60 bits per heavy atom. The van der Waals surface area contributed by atoms with Gasteiger partial charge in [-0.3, -0.25) is 0 Å². The smallest absolute Gasteiger partial charge is 0.341 e. The summed E-state index contributed by atoms with van der Waals surface area (Å²) in [6.07, 6.45) is 1.15. The molecule has 0 aliphatic rings. The second-order valence-electron chi connectivity index (χ2n) is 6.12. The van der Waals surface area contributed by atoms with E-state index < -0.39 is 12.1 Å². The lowest BCUT2D eigenvalue weighted by molar-refractivity contribution is 0.0597. The summed E-state index contributed by atoms with van der Waals surface area (Å²) in [6, 6.07) is 15.0. The van der Waals surface area contributed by atoms with Gasteiger partial charge in [0.05, 0.1) is 13.2 Å². The van der Waals surface area contributed by atoms with Crippen LogP contribution in [-0.2, 0) is 11.2 Å². The van der Waals surface area contributed by atoms with Gasteiger partial charge in [-0.15, -0.1) is 0 Å². The lowest BCUT2D eigenvalue weighted by Gasteiger charge is -2.18. The predicted octanol–water partition coefficient (Wildman–Crippen LogP) is 2.82. The number of carbonyl (C=O) groups is 1. The maximum Gasteiger partial charge on any atom is 0.341 e. The van der Waals surface area contributed by atoms with Crippen LogP contribution >= 0.6 is 0 Å². The van der Waals surface area contributed by atoms with Gasteiger partial charge in [-0.25, -0.2) is 4.79 Å². The third kappa shape index (κ3) is 5.59. The largest absolute Gasteiger partial charge is 0.507 e. The molecule has 0 radical (unpaired) electrons. The van der Waals surface area contributed by atoms with Crippen molar-refractivity contribution in [1.82, 2.24) is 5.32 Å². The zero-order valence-corrected chi connectivity index (χ0v) is 14.6. The summed E-state index contributed by atoms with van der Waals surface area (Å²) >= 11 is 0. The fourth-order valence-electron chi connectivity index (χ4n) is 2.59. The first kappa shape index (κ1) is 19.0. The van der Waals surface area contributed by atoms with Crippen LogP contribution < -0.4 is 5.32 Å². The van der Waals surface area contributed by atoms with Gasteiger partial charge in [0.2, 0.25) is 0 Å². The lowest BCUT2D eigenvalue weighted by Crippen LogP contribution is -2.30. The Kier molecular flexibility index (Phi) is 6.98. The van der Waals surface area contributed by atoms with E-state index in [0.717, 1.165) is 12.8 Å². The number of ether oxygens (including phenoxy) is 1. The van der Waals surface area contributed by atoms with Crippen molar-refractivity contribution in [1.29, 1.82) is 0 Å². The Balaban J connectivity index is 1.87. The van der Waals surface area contributed by atoms with E-state index in [1.807, 2.05) is 18.2 Å². The highest BCUT2D eigenvalue weighted by molar-refractivity contribution is 5.92. The number of aryl methyl sites for hydroxylation is 1. The minimum Gasteiger partial charge on any atom is -0.507 e. The topological polar surface area (TPSA) is 78.8 Å². The van der Waals surface area contributed by atoms with Crippen LogP contribution in [0.25, 0.3) is 0 Å². The van der Waals surface area contributed by atoms with Crippen molar-refractivity contribution < 1.29 is 19.7 Å². The van der Waals surface area contributed by atoms with Crippen molar-refractivity contribution in [3.8, 4) is 5.75 Å². The number of esters is 1. The average molecular weight is 343 g/mol. The molecule has 0 saturated carbocycles. The molecule has 25 heavy (non-hydrogen) atoms. The number of hydrogen-bond donors (Lipinski definition) is 3. The molecule has 0 spiro atoms. The molecule has 0 unspecified atom stereocenters. The molecule has 5 heteroatoms. The number of aromatic hydroxyl groups is 1. The summed E-state index contributed by atoms with van der Waals surface area (Å²) in [5, 5.41) is 23.3. The Morgan fingerprint density at radius 2 is 1.92 bits per heavy atom. The van der Waals surface area contributed by atoms with Crippen molar-refractivity contribution in [3.63, 3.8) is 0 Å². The van der Waals surface area contributed by atoms with Crippen molar-refractivity contribution in [2.75, 3.05) is 13.7 Å². The molecule has 0 aliphatic carbocycles. The standard InChI is InChI=1S/C20H25NO4/c1-14(8-9-15-6-4-3-5-7-15)21-13-19(23)16-10-11-18(22)17(12-16)20(24)25-2/h3-7,10-12,14,19,21-23H,8-9,13H2,1-2H3/t14-,19-/m1/s1. The normalized spacial score (nSPS) is 13.2. The van der Waals surface area contributed by atoms with Crippen molar-refractivity contribution in [3.05, 3.63) is 65.2 Å². The first-order valence-corrected chi connectivity index (χ1v) is 8.38. The molecule has 2 rings (SSSR count). The van der Waals surface area contributed by atoms with E-state index in [0.29, 0.717) is 12.1 Å². The van der Waals surface area contributed by atoms with Crippen molar-refractivity contribution >= 4 is 5.97 Å². The Bertz CT molecular complexity index is 687. The van der Waals surface area contributed by atoms with Crippen LogP contribution in [0.4, 0.5) is 0 Å². The molecule has 0 saturated heterocycles. The molecule has 134 valence electrons. The molecule has 0 aromatic heterocycles. The molecular formula is C20H25NO4. The van der Waals surface area contributed by atoms with Crippen LogP contribution in [0.15, 0.2) is 48.5 Å². The fourth-order valence-corrected chi connectivity index (χ4v) is 2.59. The van der Waals surface area contributed by atoms with Gasteiger partial charge in [0.15, 0.2) is 0 Å². The fraction of sp³-hybridized carbons (Fsp3) is 0.350. The minimum atomic E-state index is -0.775. The monoisotopic (exact) mass is 343 g/mol. The third-order valence-electron chi connectivity index (χ3n) is 4.18. The third-order valence-corrected chi connectivity index (χ3v) is 4.18. The van der Waals surface area contributed by atoms with Crippen LogP contribution in [0, 0.1) is 0 Å². The first-order chi connectivity index (χ1) is 12.0. The molecular weight excluding hydrogens is 318 g/mol. The molecule has 2 atom stereocenters. The zero-order chi connectivity index (χ0) is 18.2. The van der Waals surface area contributed by atoms with Gasteiger partial charge in [-0.2, -0.15) is 0 Å². The number of rotatable bonds is 8. The molecule has 0 heterocycles. The Morgan fingerprint density at radius 1 is 1.20 bits per heavy atom. The van der Waals surface area contributed by atoms with E-state index in [9.17, 15) is 15.0 Å². The number of methoxy groups -OCH3 is 1. The number of aliphatic hydroxyl groups excluding tert-OH is 1. The highest BCUT2D eigenvalue weighted by Gasteiger charge is 2.16. The summed E-state index contributed by atoms with van der Waals surface area (Å²) in [5.74, 6) is -0.789. The predicted molar refractivity (Wildman–Crippen MR) is 96.6 cm³/mol. The molecule has 5 nitrogen and oxygen atoms in total. The number of phenols is 1. The number of aliphatic hydroxyl groups is 1. The molecule has 3 N–H and O–H groups in total. The van der Waals surface area contributed by atoms with E-state index in [1.165, 1.54) is 24.8 Å². The Hall–Kier alpha value is -2.37. The molecule has 0 fully saturated rings. The number of phenolic OH excluding ortho intramolecular Hbond substituents is 1. The molecule has 2 aromatic carbocycles. The van der Waals surface area contributed by atoms with E-state index in [4.69, 9.17) is 0 Å². The number of carbonyl (C=O) groups excluding carboxylic acids is 1. The highest BCUT2D eigenvalue weighted by atomic mass is 16.5. The molecule has 2 aromatic rings. The Labute approximate surface area is 148 Å². The van der Waals surface area contributed by atoms with E-state index >= 15 is 0 Å². The maximum atomic E-state index is 11.6. The number of nitrogens with one attached hydrogen (secondary N) is 1. The number of benzene rings is 2. The van der Waals surface area contributed by atoms with Gasteiger partial charge in [0.1, 0.15) is 11.3 Å². The van der Waals surface area contributed by atoms with Crippen LogP contribution in [0.3, 0.4) is 0 Å². The van der Waals surface area contributed by atoms with Gasteiger partial charge in [0.25, 0.3) is 0 Å². The van der Waals surface area contributed by atoms with Gasteiger partial charge >= 0.3 is 5.97 Å². The highest BCUT2D eigenvalue weighted by Crippen LogP contribution is 2.23. The summed E-state index contributed by atoms with van der Waals surface area (Å²) < 4.78 is 4.63. The van der Waals surface area contributed by atoms with Gasteiger partial charge in [-0.1, -0.05) is 36.4 Å². The first-order valence-electron chi connectivity index (χ1n) is 8.38. The van der Waals surface area contributed by atoms with E-state index in [1.54, 1.807) is 6.07 Å². The summed E-state index contributed by atoms with van der Waals surface area (Å²) in [5.41, 5.74) is 1.90. The second kappa shape index (κ2) is 9.20. The van der Waals surface area contributed by atoms with E-state index in [2.05, 4.69) is 29.1 Å². The second-order valence-corrected chi connectivity index (χ2v) is 6.12. The summed E-state index contributed by atoms with van der Waals surface area (Å²) in [7, 11) is 1.25. The lowest BCUT2D eigenvalue weighted by atomic mass is 10.0. The summed E-state index contributed by atoms with van der Waals surface area (Å²) in [4.78, 5) is 11.6. The number of hydrogen-bond acceptors (Lipinski definition) is 5. The SMILES string of the molecule is COC(=O)c1cc([C@H](O)CN[C@H](C)CCc2ccccc2)ccc1O. The zero-order valence-electron chi connectivity index (χ0n) is 14.6. The molecule has 0 aliphatic heterocycles. The van der Waals surface area contributed by atoms with Crippen molar-refractivity contribution in [2.45, 2.75) is 31.9 Å². The quantitative estimate of drug-likeness (QED) is 0.643.